The van der Waals surface area contributed by atoms with Crippen LogP contribution in [-0.4, -0.2) is 35.4 Å². The molecule has 0 aliphatic carbocycles. The van der Waals surface area contributed by atoms with Crippen LogP contribution in [0.4, 0.5) is 0 Å². The number of hydrogen-bond donors (Lipinski definition) is 1. The van der Waals surface area contributed by atoms with E-state index < -0.39 is 0 Å². The van der Waals surface area contributed by atoms with Crippen LogP contribution in [0.2, 0.25) is 0 Å². The van der Waals surface area contributed by atoms with Gasteiger partial charge in [0.15, 0.2) is 0 Å². The van der Waals surface area contributed by atoms with E-state index >= 15 is 0 Å². The first-order chi connectivity index (χ1) is 11.2. The summed E-state index contributed by atoms with van der Waals surface area (Å²) in [6, 6.07) is 8.50. The molecular formula is C18H25N3O2. The molecule has 3 rings (SSSR count). The quantitative estimate of drug-likeness (QED) is 0.862. The van der Waals surface area contributed by atoms with Gasteiger partial charge >= 0.3 is 5.97 Å². The van der Waals surface area contributed by atoms with E-state index in [9.17, 15) is 4.79 Å². The van der Waals surface area contributed by atoms with Crippen LogP contribution < -0.4 is 5.32 Å². The van der Waals surface area contributed by atoms with Gasteiger partial charge in [0.05, 0.1) is 30.3 Å². The molecule has 5 heteroatoms. The van der Waals surface area contributed by atoms with Gasteiger partial charge in [0.2, 0.25) is 0 Å². The van der Waals surface area contributed by atoms with Gasteiger partial charge in [-0.15, -0.1) is 0 Å². The number of ether oxygens (including phenoxy) is 1. The molecular weight excluding hydrogens is 290 g/mol. The molecule has 2 heterocycles. The lowest BCUT2D eigenvalue weighted by molar-refractivity contribution is -0.142. The van der Waals surface area contributed by atoms with Crippen LogP contribution in [0.15, 0.2) is 24.3 Å². The van der Waals surface area contributed by atoms with Crippen LogP contribution in [0.1, 0.15) is 38.4 Å². The number of nitrogens with one attached hydrogen (secondary N) is 1. The maximum absolute atomic E-state index is 11.9. The molecule has 0 bridgehead atoms. The second-order valence-electron chi connectivity index (χ2n) is 6.22. The number of benzene rings is 1. The smallest absolute Gasteiger partial charge is 0.311 e. The fraction of sp³-hybridized carbons (Fsp3) is 0.556. The molecule has 0 saturated carbocycles. The molecule has 23 heavy (non-hydrogen) atoms. The lowest BCUT2D eigenvalue weighted by atomic mass is 9.91. The summed E-state index contributed by atoms with van der Waals surface area (Å²) < 4.78 is 7.20. The molecule has 1 fully saturated rings. The summed E-state index contributed by atoms with van der Waals surface area (Å²) in [5, 5.41) is 9.25. The van der Waals surface area contributed by atoms with Gasteiger partial charge < -0.3 is 10.1 Å². The zero-order valence-corrected chi connectivity index (χ0v) is 13.9. The Morgan fingerprint density at radius 2 is 2.13 bits per heavy atom. The highest BCUT2D eigenvalue weighted by molar-refractivity contribution is 5.86. The molecule has 0 radical (unpaired) electrons. The standard InChI is InChI=1S/C18H25N3O2/c1-3-23-18(22)12-16-15-6-4-5-7-17(15)21(20-16)13(2)14-8-10-19-11-9-14/h4-7,13-14,19H,3,8-12H2,1-2H3. The molecule has 1 aromatic carbocycles. The lowest BCUT2D eigenvalue weighted by Crippen LogP contribution is -2.32. The first-order valence-electron chi connectivity index (χ1n) is 8.53. The van der Waals surface area contributed by atoms with Crippen LogP contribution in [0.25, 0.3) is 10.9 Å². The minimum atomic E-state index is -0.211. The summed E-state index contributed by atoms with van der Waals surface area (Å²) in [5.74, 6) is 0.410. The monoisotopic (exact) mass is 315 g/mol. The first-order valence-corrected chi connectivity index (χ1v) is 8.53. The Bertz CT molecular complexity index is 674. The van der Waals surface area contributed by atoms with Gasteiger partial charge in [0.25, 0.3) is 0 Å². The largest absolute Gasteiger partial charge is 0.466 e. The van der Waals surface area contributed by atoms with Crippen LogP contribution in [0.3, 0.4) is 0 Å². The third-order valence-electron chi connectivity index (χ3n) is 4.76. The van der Waals surface area contributed by atoms with E-state index in [2.05, 4.69) is 23.0 Å². The number of carbonyl (C=O) groups is 1. The minimum Gasteiger partial charge on any atom is -0.466 e. The Balaban J connectivity index is 1.92. The Kier molecular flexibility index (Phi) is 4.96. The number of hydrogen-bond acceptors (Lipinski definition) is 4. The van der Waals surface area contributed by atoms with E-state index in [0.29, 0.717) is 18.6 Å². The van der Waals surface area contributed by atoms with Gasteiger partial charge in [-0.05, 0) is 51.8 Å². The van der Waals surface area contributed by atoms with Crippen molar-refractivity contribution in [3.8, 4) is 0 Å². The zero-order chi connectivity index (χ0) is 16.2. The normalized spacial score (nSPS) is 17.3. The van der Waals surface area contributed by atoms with E-state index in [4.69, 9.17) is 9.84 Å². The fourth-order valence-corrected chi connectivity index (χ4v) is 3.47. The number of carbonyl (C=O) groups excluding carboxylic acids is 1. The molecule has 2 aromatic rings. The summed E-state index contributed by atoms with van der Waals surface area (Å²) in [4.78, 5) is 11.9. The lowest BCUT2D eigenvalue weighted by Gasteiger charge is -2.28. The van der Waals surface area contributed by atoms with Crippen LogP contribution >= 0.6 is 0 Å². The van der Waals surface area contributed by atoms with Crippen LogP contribution in [-0.2, 0) is 16.0 Å². The van der Waals surface area contributed by atoms with Gasteiger partial charge in [-0.2, -0.15) is 5.10 Å². The van der Waals surface area contributed by atoms with Crippen molar-refractivity contribution in [2.45, 2.75) is 39.2 Å². The van der Waals surface area contributed by atoms with Crippen molar-refractivity contribution in [2.75, 3.05) is 19.7 Å². The molecule has 1 aliphatic heterocycles. The number of fused-ring (bicyclic) bond motifs is 1. The third kappa shape index (κ3) is 3.39. The predicted molar refractivity (Wildman–Crippen MR) is 90.4 cm³/mol. The second kappa shape index (κ2) is 7.13. The Morgan fingerprint density at radius 3 is 2.87 bits per heavy atom. The average molecular weight is 315 g/mol. The number of rotatable bonds is 5. The van der Waals surface area contributed by atoms with Crippen molar-refractivity contribution in [3.05, 3.63) is 30.0 Å². The molecule has 0 spiro atoms. The summed E-state index contributed by atoms with van der Waals surface area (Å²) >= 11 is 0. The number of esters is 1. The molecule has 124 valence electrons. The van der Waals surface area contributed by atoms with Crippen molar-refractivity contribution >= 4 is 16.9 Å². The van der Waals surface area contributed by atoms with E-state index in [-0.39, 0.29) is 12.4 Å². The molecule has 5 nitrogen and oxygen atoms in total. The minimum absolute atomic E-state index is 0.211. The molecule has 1 atom stereocenters. The Morgan fingerprint density at radius 1 is 1.39 bits per heavy atom. The molecule has 1 saturated heterocycles. The Labute approximate surface area is 137 Å². The Hall–Kier alpha value is -1.88. The van der Waals surface area contributed by atoms with Gasteiger partial charge in [0, 0.05) is 5.39 Å². The van der Waals surface area contributed by atoms with E-state index in [0.717, 1.165) is 29.7 Å². The van der Waals surface area contributed by atoms with E-state index in [1.807, 2.05) is 25.1 Å². The second-order valence-corrected chi connectivity index (χ2v) is 6.22. The topological polar surface area (TPSA) is 56.1 Å². The molecule has 1 aliphatic rings. The third-order valence-corrected chi connectivity index (χ3v) is 4.76. The first kappa shape index (κ1) is 16.0. The molecule has 1 N–H and O–H groups in total. The van der Waals surface area contributed by atoms with Crippen molar-refractivity contribution in [1.82, 2.24) is 15.1 Å². The van der Waals surface area contributed by atoms with Crippen molar-refractivity contribution in [2.24, 2.45) is 5.92 Å². The fourth-order valence-electron chi connectivity index (χ4n) is 3.47. The molecule has 1 aromatic heterocycles. The highest BCUT2D eigenvalue weighted by Crippen LogP contribution is 2.30. The van der Waals surface area contributed by atoms with Crippen molar-refractivity contribution in [1.29, 1.82) is 0 Å². The van der Waals surface area contributed by atoms with Gasteiger partial charge in [-0.25, -0.2) is 0 Å². The van der Waals surface area contributed by atoms with Crippen LogP contribution in [0.5, 0.6) is 0 Å². The predicted octanol–water partition coefficient (Wildman–Crippen LogP) is 2.70. The maximum Gasteiger partial charge on any atom is 0.311 e. The van der Waals surface area contributed by atoms with E-state index in [1.54, 1.807) is 0 Å². The highest BCUT2D eigenvalue weighted by Gasteiger charge is 2.24. The number of para-hydroxylation sites is 1. The van der Waals surface area contributed by atoms with Gasteiger partial charge in [-0.3, -0.25) is 9.48 Å². The SMILES string of the molecule is CCOC(=O)Cc1nn(C(C)C2CCNCC2)c2ccccc12. The van der Waals surface area contributed by atoms with Gasteiger partial charge in [0.1, 0.15) is 0 Å². The zero-order valence-electron chi connectivity index (χ0n) is 13.9. The van der Waals surface area contributed by atoms with Crippen molar-refractivity contribution in [3.63, 3.8) is 0 Å². The number of aromatic nitrogens is 2. The van der Waals surface area contributed by atoms with Crippen LogP contribution in [0, 0.1) is 5.92 Å². The summed E-state index contributed by atoms with van der Waals surface area (Å²) in [7, 11) is 0. The maximum atomic E-state index is 11.9. The van der Waals surface area contributed by atoms with Crippen molar-refractivity contribution < 1.29 is 9.53 Å². The summed E-state index contributed by atoms with van der Waals surface area (Å²) in [5.41, 5.74) is 1.93. The highest BCUT2D eigenvalue weighted by atomic mass is 16.5. The number of nitrogens with zero attached hydrogens (tertiary/aromatic N) is 2. The summed E-state index contributed by atoms with van der Waals surface area (Å²) in [6.45, 7) is 6.62. The van der Waals surface area contributed by atoms with E-state index in [1.165, 1.54) is 12.8 Å². The summed E-state index contributed by atoms with van der Waals surface area (Å²) in [6.07, 6.45) is 2.57. The van der Waals surface area contributed by atoms with Gasteiger partial charge in [-0.1, -0.05) is 18.2 Å². The molecule has 0 amide bonds. The molecule has 1 unspecified atom stereocenters. The average Bonchev–Trinajstić information content (AvgIpc) is 2.94. The number of piperidine rings is 1.